The van der Waals surface area contributed by atoms with Crippen molar-refractivity contribution < 1.29 is 9.53 Å². The average Bonchev–Trinajstić information content (AvgIpc) is 3.23. The molecule has 1 aromatic rings. The third kappa shape index (κ3) is 4.71. The largest absolute Gasteiger partial charge is 0.458 e. The van der Waals surface area contributed by atoms with Crippen LogP contribution in [-0.4, -0.2) is 12.1 Å². The average molecular weight is 519 g/mol. The summed E-state index contributed by atoms with van der Waals surface area (Å²) in [5.41, 5.74) is 2.90. The first-order valence-electron chi connectivity index (χ1n) is 16.0. The van der Waals surface area contributed by atoms with E-state index in [4.69, 9.17) is 4.74 Å². The molecule has 0 unspecified atom stereocenters. The van der Waals surface area contributed by atoms with Crippen LogP contribution in [-0.2, 0) is 4.74 Å². The highest BCUT2D eigenvalue weighted by Crippen LogP contribution is 2.69. The first kappa shape index (κ1) is 28.0. The van der Waals surface area contributed by atoms with E-state index in [0.29, 0.717) is 11.0 Å². The standard InChI is InChI=1S/C36H54O2/c1-24(2)12-11-13-25(3)28-17-18-29-27-16-19-31-34(4,5)32(38-33(37)26-14-9-8-10-15-26)21-23-36(31,7)30(27)20-22-35(28,29)6/h8-10,14-15,19,24-25,27-30,32H,11-13,16-18,20-23H2,1-7H3/t25-,27+,28-,29+,30+,32-,35-,36-/m1/s1. The van der Waals surface area contributed by atoms with Crippen LogP contribution in [0.4, 0.5) is 0 Å². The lowest BCUT2D eigenvalue weighted by Gasteiger charge is -2.61. The Labute approximate surface area is 233 Å². The SMILES string of the molecule is CC(C)CCC[C@@H](C)[C@H]1CC[C@H]2[C@@H]3CC=C4C(C)(C)[C@H](OC(=O)c5ccccc5)CC[C@]4(C)[C@H]3CC[C@]12C. The van der Waals surface area contributed by atoms with Crippen molar-refractivity contribution >= 4 is 5.97 Å². The van der Waals surface area contributed by atoms with Crippen molar-refractivity contribution in [2.75, 3.05) is 0 Å². The number of allylic oxidation sites excluding steroid dienone is 1. The van der Waals surface area contributed by atoms with Gasteiger partial charge in [-0.15, -0.1) is 0 Å². The molecule has 8 atom stereocenters. The topological polar surface area (TPSA) is 26.3 Å². The minimum Gasteiger partial charge on any atom is -0.458 e. The van der Waals surface area contributed by atoms with E-state index in [1.165, 1.54) is 51.4 Å². The first-order valence-corrected chi connectivity index (χ1v) is 16.0. The molecule has 210 valence electrons. The number of rotatable bonds is 7. The van der Waals surface area contributed by atoms with Crippen molar-refractivity contribution in [3.63, 3.8) is 0 Å². The van der Waals surface area contributed by atoms with Gasteiger partial charge in [-0.3, -0.25) is 0 Å². The molecule has 0 aliphatic heterocycles. The molecule has 3 fully saturated rings. The number of hydrogen-bond acceptors (Lipinski definition) is 2. The van der Waals surface area contributed by atoms with Crippen LogP contribution in [0.15, 0.2) is 42.0 Å². The minimum absolute atomic E-state index is 0.0533. The highest BCUT2D eigenvalue weighted by atomic mass is 16.5. The predicted octanol–water partition coefficient (Wildman–Crippen LogP) is 9.89. The van der Waals surface area contributed by atoms with Gasteiger partial charge >= 0.3 is 5.97 Å². The van der Waals surface area contributed by atoms with Crippen LogP contribution in [0.2, 0.25) is 0 Å². The van der Waals surface area contributed by atoms with Crippen LogP contribution in [0.25, 0.3) is 0 Å². The Morgan fingerprint density at radius 1 is 0.921 bits per heavy atom. The molecule has 0 N–H and O–H groups in total. The van der Waals surface area contributed by atoms with Gasteiger partial charge < -0.3 is 4.74 Å². The fourth-order valence-corrected chi connectivity index (χ4v) is 10.4. The van der Waals surface area contributed by atoms with E-state index in [1.807, 2.05) is 30.3 Å². The quantitative estimate of drug-likeness (QED) is 0.265. The van der Waals surface area contributed by atoms with Gasteiger partial charge in [-0.25, -0.2) is 4.79 Å². The molecule has 38 heavy (non-hydrogen) atoms. The van der Waals surface area contributed by atoms with Gasteiger partial charge in [0, 0.05) is 5.41 Å². The lowest BCUT2D eigenvalue weighted by molar-refractivity contribution is -0.0827. The number of esters is 1. The van der Waals surface area contributed by atoms with Gasteiger partial charge in [-0.2, -0.15) is 0 Å². The fraction of sp³-hybridized carbons (Fsp3) is 0.750. The molecule has 4 aliphatic carbocycles. The lowest BCUT2D eigenvalue weighted by Crippen LogP contribution is -2.55. The third-order valence-electron chi connectivity index (χ3n) is 12.3. The number of benzene rings is 1. The summed E-state index contributed by atoms with van der Waals surface area (Å²) in [6.45, 7) is 17.3. The zero-order valence-corrected chi connectivity index (χ0v) is 25.4. The van der Waals surface area contributed by atoms with Gasteiger partial charge in [0.25, 0.3) is 0 Å². The smallest absolute Gasteiger partial charge is 0.338 e. The molecule has 2 heteroatoms. The maximum absolute atomic E-state index is 13.0. The van der Waals surface area contributed by atoms with Gasteiger partial charge in [-0.1, -0.05) is 97.6 Å². The van der Waals surface area contributed by atoms with E-state index in [0.717, 1.165) is 48.3 Å². The number of carbonyl (C=O) groups excluding carboxylic acids is 1. The van der Waals surface area contributed by atoms with Crippen LogP contribution in [0.1, 0.15) is 123 Å². The highest BCUT2D eigenvalue weighted by Gasteiger charge is 2.61. The molecule has 3 saturated carbocycles. The molecular formula is C36H54O2. The summed E-state index contributed by atoms with van der Waals surface area (Å²) in [5, 5.41) is 0. The summed E-state index contributed by atoms with van der Waals surface area (Å²) in [4.78, 5) is 13.0. The second-order valence-electron chi connectivity index (χ2n) is 15.2. The third-order valence-corrected chi connectivity index (χ3v) is 12.3. The van der Waals surface area contributed by atoms with Crippen LogP contribution in [0, 0.1) is 51.8 Å². The summed E-state index contributed by atoms with van der Waals surface area (Å²) in [6, 6.07) is 9.52. The fourth-order valence-electron chi connectivity index (χ4n) is 10.4. The Bertz CT molecular complexity index is 1020. The molecule has 1 aromatic carbocycles. The van der Waals surface area contributed by atoms with Crippen molar-refractivity contribution in [3.8, 4) is 0 Å². The van der Waals surface area contributed by atoms with E-state index in [1.54, 1.807) is 5.57 Å². The monoisotopic (exact) mass is 518 g/mol. The van der Waals surface area contributed by atoms with Crippen molar-refractivity contribution in [2.24, 2.45) is 51.8 Å². The molecule has 0 aromatic heterocycles. The summed E-state index contributed by atoms with van der Waals surface area (Å²) in [5.74, 6) is 4.91. The summed E-state index contributed by atoms with van der Waals surface area (Å²) >= 11 is 0. The normalized spacial score (nSPS) is 38.5. The van der Waals surface area contributed by atoms with E-state index in [2.05, 4.69) is 54.5 Å². The number of hydrogen-bond donors (Lipinski definition) is 0. The molecule has 0 saturated heterocycles. The van der Waals surface area contributed by atoms with Gasteiger partial charge in [0.05, 0.1) is 5.56 Å². The maximum Gasteiger partial charge on any atom is 0.338 e. The number of ether oxygens (including phenoxy) is 1. The van der Waals surface area contributed by atoms with E-state index < -0.39 is 0 Å². The highest BCUT2D eigenvalue weighted by molar-refractivity contribution is 5.89. The van der Waals surface area contributed by atoms with E-state index in [9.17, 15) is 4.79 Å². The second kappa shape index (κ2) is 10.4. The molecule has 4 aliphatic rings. The zero-order chi connectivity index (χ0) is 27.3. The Morgan fingerprint density at radius 3 is 2.37 bits per heavy atom. The molecule has 0 spiro atoms. The Morgan fingerprint density at radius 2 is 1.66 bits per heavy atom. The zero-order valence-electron chi connectivity index (χ0n) is 25.4. The Balaban J connectivity index is 1.32. The second-order valence-corrected chi connectivity index (χ2v) is 15.2. The molecule has 2 nitrogen and oxygen atoms in total. The van der Waals surface area contributed by atoms with Crippen molar-refractivity contribution in [1.82, 2.24) is 0 Å². The predicted molar refractivity (Wildman–Crippen MR) is 158 cm³/mol. The number of fused-ring (bicyclic) bond motifs is 5. The number of carbonyl (C=O) groups is 1. The van der Waals surface area contributed by atoms with Gasteiger partial charge in [0.15, 0.2) is 0 Å². The van der Waals surface area contributed by atoms with Gasteiger partial charge in [0.1, 0.15) is 6.10 Å². The van der Waals surface area contributed by atoms with Gasteiger partial charge in [-0.05, 0) is 103 Å². The summed E-state index contributed by atoms with van der Waals surface area (Å²) < 4.78 is 6.22. The minimum atomic E-state index is -0.172. The van der Waals surface area contributed by atoms with Crippen molar-refractivity contribution in [2.45, 2.75) is 119 Å². The van der Waals surface area contributed by atoms with Crippen molar-refractivity contribution in [3.05, 3.63) is 47.5 Å². The molecule has 0 heterocycles. The molecule has 0 bridgehead atoms. The Hall–Kier alpha value is -1.57. The van der Waals surface area contributed by atoms with Crippen LogP contribution in [0.5, 0.6) is 0 Å². The van der Waals surface area contributed by atoms with Crippen LogP contribution in [0.3, 0.4) is 0 Å². The van der Waals surface area contributed by atoms with E-state index >= 15 is 0 Å². The molecular weight excluding hydrogens is 464 g/mol. The van der Waals surface area contributed by atoms with Crippen LogP contribution >= 0.6 is 0 Å². The molecule has 5 rings (SSSR count). The van der Waals surface area contributed by atoms with Crippen LogP contribution < -0.4 is 0 Å². The van der Waals surface area contributed by atoms with Crippen molar-refractivity contribution in [1.29, 1.82) is 0 Å². The Kier molecular flexibility index (Phi) is 7.69. The summed E-state index contributed by atoms with van der Waals surface area (Å²) in [6.07, 6.45) is 15.8. The van der Waals surface area contributed by atoms with Gasteiger partial charge in [0.2, 0.25) is 0 Å². The summed E-state index contributed by atoms with van der Waals surface area (Å²) in [7, 11) is 0. The molecule has 0 amide bonds. The van der Waals surface area contributed by atoms with E-state index in [-0.39, 0.29) is 22.9 Å². The molecule has 0 radical (unpaired) electrons. The maximum atomic E-state index is 13.0. The lowest BCUT2D eigenvalue weighted by atomic mass is 9.44. The first-order chi connectivity index (χ1) is 18.0.